The Hall–Kier alpha value is 0.270. The summed E-state index contributed by atoms with van der Waals surface area (Å²) in [6, 6.07) is 0. The maximum atomic E-state index is 9.67. The number of unbranched alkanes of at least 4 members (excludes halogenated alkanes) is 10. The van der Waals surface area contributed by atoms with Crippen molar-refractivity contribution in [1.82, 2.24) is 0 Å². The molecule has 3 heteroatoms. The standard InChI is InChI=1S/C13H27O2S/c1-2-3-4-5-6-7-8-9-10-11-12-13-16-15-14/h2-13H2,1H3. The minimum atomic E-state index is 0.848. The normalized spacial score (nSPS) is 10.9. The smallest absolute Gasteiger partial charge is 0.0347 e. The van der Waals surface area contributed by atoms with Crippen molar-refractivity contribution in [2.24, 2.45) is 0 Å². The van der Waals surface area contributed by atoms with E-state index in [0.29, 0.717) is 0 Å². The van der Waals surface area contributed by atoms with Gasteiger partial charge in [-0.1, -0.05) is 71.1 Å². The number of hydrogen-bond donors (Lipinski definition) is 0. The maximum Gasteiger partial charge on any atom is 0.0347 e. The summed E-state index contributed by atoms with van der Waals surface area (Å²) in [7, 11) is 0. The second-order valence-corrected chi connectivity index (χ2v) is 5.21. The van der Waals surface area contributed by atoms with Gasteiger partial charge in [-0.25, -0.2) is 0 Å². The second kappa shape index (κ2) is 15.3. The first kappa shape index (κ1) is 16.3. The van der Waals surface area contributed by atoms with Crippen LogP contribution in [-0.4, -0.2) is 5.75 Å². The molecule has 0 aliphatic heterocycles. The molecule has 0 fully saturated rings. The highest BCUT2D eigenvalue weighted by atomic mass is 32.2. The summed E-state index contributed by atoms with van der Waals surface area (Å²) in [5.41, 5.74) is 0. The fraction of sp³-hybridized carbons (Fsp3) is 1.00. The van der Waals surface area contributed by atoms with Crippen LogP contribution in [0.2, 0.25) is 0 Å². The number of rotatable bonds is 13. The topological polar surface area (TPSA) is 29.1 Å². The summed E-state index contributed by atoms with van der Waals surface area (Å²) >= 11 is 1.03. The summed E-state index contributed by atoms with van der Waals surface area (Å²) in [6.07, 6.45) is 14.8. The first-order chi connectivity index (χ1) is 7.91. The van der Waals surface area contributed by atoms with Crippen LogP contribution in [-0.2, 0) is 9.59 Å². The van der Waals surface area contributed by atoms with Crippen molar-refractivity contribution in [2.75, 3.05) is 5.75 Å². The van der Waals surface area contributed by atoms with Crippen LogP contribution in [0.25, 0.3) is 0 Å². The molecule has 0 saturated carbocycles. The van der Waals surface area contributed by atoms with Crippen molar-refractivity contribution in [3.63, 3.8) is 0 Å². The second-order valence-electron chi connectivity index (χ2n) is 4.43. The predicted molar refractivity (Wildman–Crippen MR) is 70.7 cm³/mol. The highest BCUT2D eigenvalue weighted by Gasteiger charge is 1.93. The molecular formula is C13H27O2S. The monoisotopic (exact) mass is 247 g/mol. The van der Waals surface area contributed by atoms with Crippen LogP contribution in [0.1, 0.15) is 77.6 Å². The molecule has 0 aromatic rings. The van der Waals surface area contributed by atoms with Crippen molar-refractivity contribution < 1.29 is 9.59 Å². The lowest BCUT2D eigenvalue weighted by molar-refractivity contribution is -0.190. The predicted octanol–water partition coefficient (Wildman–Crippen LogP) is 5.31. The zero-order chi connectivity index (χ0) is 11.9. The van der Waals surface area contributed by atoms with Gasteiger partial charge in [0.1, 0.15) is 0 Å². The molecule has 0 heterocycles. The molecule has 0 rings (SSSR count). The van der Waals surface area contributed by atoms with Crippen LogP contribution in [0.3, 0.4) is 0 Å². The quantitative estimate of drug-likeness (QED) is 0.191. The van der Waals surface area contributed by atoms with Crippen LogP contribution in [0, 0.1) is 0 Å². The Morgan fingerprint density at radius 1 is 0.750 bits per heavy atom. The molecule has 0 amide bonds. The van der Waals surface area contributed by atoms with Gasteiger partial charge in [0, 0.05) is 17.8 Å². The molecule has 2 nitrogen and oxygen atoms in total. The van der Waals surface area contributed by atoms with E-state index in [4.69, 9.17) is 0 Å². The summed E-state index contributed by atoms with van der Waals surface area (Å²) in [4.78, 5) is 0. The Balaban J connectivity index is 2.83. The fourth-order valence-corrected chi connectivity index (χ4v) is 2.25. The molecule has 0 saturated heterocycles. The average molecular weight is 247 g/mol. The third kappa shape index (κ3) is 14.3. The molecule has 0 aliphatic rings. The zero-order valence-corrected chi connectivity index (χ0v) is 11.5. The zero-order valence-electron chi connectivity index (χ0n) is 10.7. The number of hydrogen-bond acceptors (Lipinski definition) is 2. The fourth-order valence-electron chi connectivity index (χ4n) is 1.86. The van der Waals surface area contributed by atoms with Gasteiger partial charge in [0.05, 0.1) is 0 Å². The first-order valence-electron chi connectivity index (χ1n) is 6.83. The highest BCUT2D eigenvalue weighted by molar-refractivity contribution is 7.94. The van der Waals surface area contributed by atoms with Crippen molar-refractivity contribution in [3.8, 4) is 0 Å². The Morgan fingerprint density at radius 2 is 1.19 bits per heavy atom. The molecule has 0 atom stereocenters. The molecule has 0 unspecified atom stereocenters. The minimum absolute atomic E-state index is 0.848. The van der Waals surface area contributed by atoms with Crippen molar-refractivity contribution in [1.29, 1.82) is 0 Å². The Kier molecular flexibility index (Phi) is 15.5. The van der Waals surface area contributed by atoms with Crippen LogP contribution >= 0.6 is 12.0 Å². The summed E-state index contributed by atoms with van der Waals surface area (Å²) in [5.74, 6) is 0.848. The summed E-state index contributed by atoms with van der Waals surface area (Å²) in [6.45, 7) is 2.26. The average Bonchev–Trinajstić information content (AvgIpc) is 2.31. The van der Waals surface area contributed by atoms with Gasteiger partial charge >= 0.3 is 0 Å². The van der Waals surface area contributed by atoms with E-state index in [1.54, 1.807) is 0 Å². The van der Waals surface area contributed by atoms with Gasteiger partial charge in [-0.15, -0.1) is 4.33 Å². The lowest BCUT2D eigenvalue weighted by Gasteiger charge is -2.01. The van der Waals surface area contributed by atoms with E-state index in [0.717, 1.165) is 24.2 Å². The molecule has 0 aliphatic carbocycles. The van der Waals surface area contributed by atoms with Crippen LogP contribution in [0.15, 0.2) is 0 Å². The van der Waals surface area contributed by atoms with Crippen LogP contribution < -0.4 is 0 Å². The lowest BCUT2D eigenvalue weighted by Crippen LogP contribution is -1.84. The van der Waals surface area contributed by atoms with E-state index in [1.807, 2.05) is 0 Å². The molecule has 16 heavy (non-hydrogen) atoms. The van der Waals surface area contributed by atoms with E-state index in [9.17, 15) is 5.26 Å². The van der Waals surface area contributed by atoms with E-state index >= 15 is 0 Å². The largest absolute Gasteiger partial charge is 0.130 e. The van der Waals surface area contributed by atoms with Gasteiger partial charge in [-0.05, 0) is 11.7 Å². The van der Waals surface area contributed by atoms with Gasteiger partial charge < -0.3 is 0 Å². The Labute approximate surface area is 105 Å². The Bertz CT molecular complexity index is 107. The lowest BCUT2D eigenvalue weighted by atomic mass is 10.1. The van der Waals surface area contributed by atoms with Gasteiger partial charge in [-0.3, -0.25) is 0 Å². The van der Waals surface area contributed by atoms with E-state index < -0.39 is 0 Å². The van der Waals surface area contributed by atoms with Gasteiger partial charge in [0.15, 0.2) is 0 Å². The van der Waals surface area contributed by atoms with Gasteiger partial charge in [0.25, 0.3) is 0 Å². The Morgan fingerprint density at radius 3 is 1.62 bits per heavy atom. The van der Waals surface area contributed by atoms with Crippen molar-refractivity contribution in [3.05, 3.63) is 0 Å². The molecule has 0 bridgehead atoms. The molecular weight excluding hydrogens is 220 g/mol. The van der Waals surface area contributed by atoms with Crippen LogP contribution in [0.5, 0.6) is 0 Å². The first-order valence-corrected chi connectivity index (χ1v) is 7.74. The van der Waals surface area contributed by atoms with E-state index in [1.165, 1.54) is 64.2 Å². The molecule has 0 aromatic carbocycles. The molecule has 0 spiro atoms. The van der Waals surface area contributed by atoms with Crippen molar-refractivity contribution in [2.45, 2.75) is 77.6 Å². The highest BCUT2D eigenvalue weighted by Crippen LogP contribution is 2.12. The molecule has 1 radical (unpaired) electrons. The minimum Gasteiger partial charge on any atom is -0.130 e. The van der Waals surface area contributed by atoms with E-state index in [2.05, 4.69) is 11.3 Å². The van der Waals surface area contributed by atoms with Gasteiger partial charge in [0.2, 0.25) is 0 Å². The SMILES string of the molecule is CCCCCCCCCCCCCSO[O]. The maximum absolute atomic E-state index is 9.67. The van der Waals surface area contributed by atoms with Crippen molar-refractivity contribution >= 4 is 12.0 Å². The van der Waals surface area contributed by atoms with Crippen LogP contribution in [0.4, 0.5) is 0 Å². The van der Waals surface area contributed by atoms with Gasteiger partial charge in [-0.2, -0.15) is 0 Å². The molecule has 97 valence electrons. The molecule has 0 aromatic heterocycles. The summed E-state index contributed by atoms with van der Waals surface area (Å²) < 4.78 is 3.70. The third-order valence-electron chi connectivity index (χ3n) is 2.88. The third-order valence-corrected chi connectivity index (χ3v) is 3.43. The van der Waals surface area contributed by atoms with E-state index in [-0.39, 0.29) is 0 Å². The molecule has 0 N–H and O–H groups in total. The summed E-state index contributed by atoms with van der Waals surface area (Å²) in [5, 5.41) is 9.67.